The lowest BCUT2D eigenvalue weighted by molar-refractivity contribution is -0.126. The van der Waals surface area contributed by atoms with E-state index in [-0.39, 0.29) is 74.5 Å². The zero-order chi connectivity index (χ0) is 28.1. The highest BCUT2D eigenvalue weighted by Gasteiger charge is 2.19. The fourth-order valence-electron chi connectivity index (χ4n) is 4.38. The normalized spacial score (nSPS) is 14.6. The van der Waals surface area contributed by atoms with Crippen molar-refractivity contribution in [2.24, 2.45) is 0 Å². The average Bonchev–Trinajstić information content (AvgIpc) is 2.78. The summed E-state index contributed by atoms with van der Waals surface area (Å²) in [7, 11) is 0. The Morgan fingerprint density at radius 1 is 0.432 bits per heavy atom. The van der Waals surface area contributed by atoms with Crippen LogP contribution in [0.2, 0.25) is 0 Å². The fraction of sp³-hybridized carbons (Fsp3) is 0.862. The first-order chi connectivity index (χ1) is 17.6. The molecule has 8 nitrogen and oxygen atoms in total. The molecule has 4 unspecified atom stereocenters. The molecule has 216 valence electrons. The standard InChI is InChI=1S/C29H52O8/c1-3-5-8-12-22(30)16-26(34)20-28(36)18-24(32)14-10-7-11-15-25(33)19-29(37)21-27(35)17-23(31)13-9-6-4-2/h22-23,28-31,36-37H,3-21H2,1-2H3. The molecule has 0 aromatic heterocycles. The second kappa shape index (κ2) is 22.5. The van der Waals surface area contributed by atoms with Crippen LogP contribution in [-0.2, 0) is 19.2 Å². The molecule has 8 heteroatoms. The van der Waals surface area contributed by atoms with E-state index >= 15 is 0 Å². The third-order valence-electron chi connectivity index (χ3n) is 6.47. The minimum Gasteiger partial charge on any atom is -0.393 e. The summed E-state index contributed by atoms with van der Waals surface area (Å²) in [5, 5.41) is 39.7. The number of carbonyl (C=O) groups is 4. The van der Waals surface area contributed by atoms with Crippen LogP contribution in [0.15, 0.2) is 0 Å². The smallest absolute Gasteiger partial charge is 0.138 e. The summed E-state index contributed by atoms with van der Waals surface area (Å²) in [6.45, 7) is 4.13. The van der Waals surface area contributed by atoms with Gasteiger partial charge in [-0.15, -0.1) is 0 Å². The van der Waals surface area contributed by atoms with E-state index in [0.717, 1.165) is 38.5 Å². The Morgan fingerprint density at radius 3 is 1.11 bits per heavy atom. The molecule has 4 N–H and O–H groups in total. The third-order valence-corrected chi connectivity index (χ3v) is 6.47. The molecule has 0 radical (unpaired) electrons. The molecule has 37 heavy (non-hydrogen) atoms. The molecule has 4 atom stereocenters. The Morgan fingerprint density at radius 2 is 0.757 bits per heavy atom. The summed E-state index contributed by atoms with van der Waals surface area (Å²) in [5.41, 5.74) is 0. The van der Waals surface area contributed by atoms with Gasteiger partial charge in [0.25, 0.3) is 0 Å². The number of unbranched alkanes of at least 4 members (excludes halogenated alkanes) is 6. The van der Waals surface area contributed by atoms with Gasteiger partial charge < -0.3 is 20.4 Å². The highest BCUT2D eigenvalue weighted by Crippen LogP contribution is 2.14. The van der Waals surface area contributed by atoms with Crippen LogP contribution in [-0.4, -0.2) is 68.0 Å². The van der Waals surface area contributed by atoms with Crippen molar-refractivity contribution in [2.75, 3.05) is 0 Å². The summed E-state index contributed by atoms with van der Waals surface area (Å²) in [6, 6.07) is 0. The van der Waals surface area contributed by atoms with E-state index in [4.69, 9.17) is 0 Å². The third kappa shape index (κ3) is 22.2. The van der Waals surface area contributed by atoms with Crippen LogP contribution >= 0.6 is 0 Å². The highest BCUT2D eigenvalue weighted by atomic mass is 16.3. The topological polar surface area (TPSA) is 149 Å². The second-order valence-electron chi connectivity index (χ2n) is 10.5. The summed E-state index contributed by atoms with van der Waals surface area (Å²) in [6.07, 6.45) is 5.35. The van der Waals surface area contributed by atoms with E-state index in [2.05, 4.69) is 13.8 Å². The van der Waals surface area contributed by atoms with Crippen molar-refractivity contribution in [3.63, 3.8) is 0 Å². The van der Waals surface area contributed by atoms with Crippen LogP contribution in [0.1, 0.15) is 136 Å². The van der Waals surface area contributed by atoms with Crippen molar-refractivity contribution >= 4 is 23.1 Å². The fourth-order valence-corrected chi connectivity index (χ4v) is 4.38. The molecular formula is C29H52O8. The van der Waals surface area contributed by atoms with E-state index in [9.17, 15) is 39.6 Å². The minimum atomic E-state index is -1.04. The van der Waals surface area contributed by atoms with Gasteiger partial charge in [-0.25, -0.2) is 0 Å². The molecule has 0 amide bonds. The molecule has 0 heterocycles. The molecule has 0 aliphatic rings. The lowest BCUT2D eigenvalue weighted by Crippen LogP contribution is -2.21. The van der Waals surface area contributed by atoms with Crippen LogP contribution in [0.5, 0.6) is 0 Å². The van der Waals surface area contributed by atoms with Gasteiger partial charge >= 0.3 is 0 Å². The SMILES string of the molecule is CCCCCC(O)CC(=O)CC(O)CC(=O)CCCCCC(=O)CC(O)CC(=O)CC(O)CCCCC. The van der Waals surface area contributed by atoms with Crippen molar-refractivity contribution in [1.29, 1.82) is 0 Å². The summed E-state index contributed by atoms with van der Waals surface area (Å²) in [4.78, 5) is 48.0. The number of hydrogen-bond donors (Lipinski definition) is 4. The van der Waals surface area contributed by atoms with E-state index in [0.29, 0.717) is 32.1 Å². The molecular weight excluding hydrogens is 476 g/mol. The van der Waals surface area contributed by atoms with Crippen LogP contribution in [0.4, 0.5) is 0 Å². The number of carbonyl (C=O) groups excluding carboxylic acids is 4. The van der Waals surface area contributed by atoms with E-state index in [1.165, 1.54) is 0 Å². The molecule has 0 aromatic rings. The van der Waals surface area contributed by atoms with E-state index < -0.39 is 24.4 Å². The van der Waals surface area contributed by atoms with Gasteiger partial charge in [-0.3, -0.25) is 19.2 Å². The summed E-state index contributed by atoms with van der Waals surface area (Å²) < 4.78 is 0. The van der Waals surface area contributed by atoms with Crippen molar-refractivity contribution in [1.82, 2.24) is 0 Å². The largest absolute Gasteiger partial charge is 0.393 e. The van der Waals surface area contributed by atoms with Crippen LogP contribution in [0.25, 0.3) is 0 Å². The molecule has 0 aliphatic carbocycles. The predicted octanol–water partition coefficient (Wildman–Crippen LogP) is 4.16. The molecule has 0 rings (SSSR count). The number of aliphatic hydroxyl groups excluding tert-OH is 4. The van der Waals surface area contributed by atoms with Gasteiger partial charge in [-0.2, -0.15) is 0 Å². The average molecular weight is 529 g/mol. The Labute approximate surface area is 223 Å². The zero-order valence-corrected chi connectivity index (χ0v) is 23.2. The molecule has 0 bridgehead atoms. The maximum atomic E-state index is 12.1. The van der Waals surface area contributed by atoms with Gasteiger partial charge in [0.1, 0.15) is 23.1 Å². The Kier molecular flexibility index (Phi) is 21.6. The summed E-state index contributed by atoms with van der Waals surface area (Å²) in [5.74, 6) is -0.758. The Hall–Kier alpha value is -1.48. The molecule has 0 aromatic carbocycles. The first-order valence-corrected chi connectivity index (χ1v) is 14.4. The molecule has 0 spiro atoms. The number of aliphatic hydroxyl groups is 4. The lowest BCUT2D eigenvalue weighted by atomic mass is 9.98. The number of Topliss-reactive ketones (excluding diaryl/α,β-unsaturated/α-hetero) is 4. The van der Waals surface area contributed by atoms with Gasteiger partial charge in [0.05, 0.1) is 24.4 Å². The molecule has 0 saturated carbocycles. The lowest BCUT2D eigenvalue weighted by Gasteiger charge is -2.12. The quantitative estimate of drug-likeness (QED) is 0.122. The minimum absolute atomic E-state index is 0.00680. The van der Waals surface area contributed by atoms with E-state index in [1.807, 2.05) is 0 Å². The maximum absolute atomic E-state index is 12.1. The second-order valence-corrected chi connectivity index (χ2v) is 10.5. The number of rotatable bonds is 26. The Balaban J connectivity index is 3.91. The monoisotopic (exact) mass is 528 g/mol. The highest BCUT2D eigenvalue weighted by molar-refractivity contribution is 5.83. The van der Waals surface area contributed by atoms with Crippen molar-refractivity contribution in [3.05, 3.63) is 0 Å². The van der Waals surface area contributed by atoms with Crippen molar-refractivity contribution in [2.45, 2.75) is 160 Å². The van der Waals surface area contributed by atoms with Gasteiger partial charge in [0.2, 0.25) is 0 Å². The first kappa shape index (κ1) is 35.5. The number of hydrogen-bond acceptors (Lipinski definition) is 8. The number of ketones is 4. The molecule has 0 fully saturated rings. The van der Waals surface area contributed by atoms with Gasteiger partial charge in [-0.1, -0.05) is 58.8 Å². The Bertz CT molecular complexity index is 594. The van der Waals surface area contributed by atoms with Crippen LogP contribution in [0, 0.1) is 0 Å². The van der Waals surface area contributed by atoms with Gasteiger partial charge in [0, 0.05) is 51.4 Å². The zero-order valence-electron chi connectivity index (χ0n) is 23.2. The summed E-state index contributed by atoms with van der Waals surface area (Å²) >= 11 is 0. The maximum Gasteiger partial charge on any atom is 0.138 e. The van der Waals surface area contributed by atoms with Crippen molar-refractivity contribution in [3.8, 4) is 0 Å². The predicted molar refractivity (Wildman–Crippen MR) is 143 cm³/mol. The van der Waals surface area contributed by atoms with E-state index in [1.54, 1.807) is 0 Å². The van der Waals surface area contributed by atoms with Crippen LogP contribution < -0.4 is 0 Å². The van der Waals surface area contributed by atoms with Crippen molar-refractivity contribution < 1.29 is 39.6 Å². The molecule has 0 saturated heterocycles. The first-order valence-electron chi connectivity index (χ1n) is 14.4. The van der Waals surface area contributed by atoms with Gasteiger partial charge in [-0.05, 0) is 25.7 Å². The van der Waals surface area contributed by atoms with Gasteiger partial charge in [0.15, 0.2) is 0 Å². The molecule has 0 aliphatic heterocycles. The van der Waals surface area contributed by atoms with Crippen LogP contribution in [0.3, 0.4) is 0 Å².